The van der Waals surface area contributed by atoms with Crippen LogP contribution in [0.3, 0.4) is 0 Å². The molecule has 2 heterocycles. The number of ketones is 1. The van der Waals surface area contributed by atoms with Crippen LogP contribution in [0.5, 0.6) is 0 Å². The van der Waals surface area contributed by atoms with Gasteiger partial charge in [0, 0.05) is 44.8 Å². The van der Waals surface area contributed by atoms with Gasteiger partial charge in [-0.3, -0.25) is 9.69 Å². The van der Waals surface area contributed by atoms with Gasteiger partial charge in [0.15, 0.2) is 5.78 Å². The molecule has 0 amide bonds. The largest absolute Gasteiger partial charge is 0.381 e. The van der Waals surface area contributed by atoms with Gasteiger partial charge >= 0.3 is 0 Å². The average molecular weight is 317 g/mol. The smallest absolute Gasteiger partial charge is 0.163 e. The molecule has 4 nitrogen and oxygen atoms in total. The summed E-state index contributed by atoms with van der Waals surface area (Å²) in [6.07, 6.45) is 2.68. The third kappa shape index (κ3) is 4.63. The van der Waals surface area contributed by atoms with Crippen LogP contribution in [0.4, 0.5) is 0 Å². The Balaban J connectivity index is 1.65. The van der Waals surface area contributed by atoms with Gasteiger partial charge in [0.25, 0.3) is 0 Å². The van der Waals surface area contributed by atoms with E-state index >= 15 is 0 Å². The zero-order chi connectivity index (χ0) is 16.1. The minimum atomic E-state index is 0.290. The Labute approximate surface area is 138 Å². The molecule has 0 atom stereocenters. The molecule has 126 valence electrons. The van der Waals surface area contributed by atoms with Crippen molar-refractivity contribution >= 4 is 5.78 Å². The summed E-state index contributed by atoms with van der Waals surface area (Å²) < 4.78 is 10.8. The van der Waals surface area contributed by atoms with E-state index in [1.165, 1.54) is 5.56 Å². The van der Waals surface area contributed by atoms with Gasteiger partial charge in [0.2, 0.25) is 0 Å². The number of hydrogen-bond acceptors (Lipinski definition) is 4. The summed E-state index contributed by atoms with van der Waals surface area (Å²) in [6.45, 7) is 8.10. The number of morpholine rings is 1. The molecular formula is C19H27NO3. The van der Waals surface area contributed by atoms with Crippen molar-refractivity contribution in [1.82, 2.24) is 4.90 Å². The number of Topliss-reactive ketones (excluding diaryl/α,β-unsaturated/α-hetero) is 1. The summed E-state index contributed by atoms with van der Waals surface area (Å²) in [5, 5.41) is 0. The highest BCUT2D eigenvalue weighted by Crippen LogP contribution is 2.23. The number of rotatable bonds is 5. The molecule has 0 unspecified atom stereocenters. The molecule has 0 N–H and O–H groups in total. The van der Waals surface area contributed by atoms with Gasteiger partial charge < -0.3 is 9.47 Å². The number of aryl methyl sites for hydroxylation is 1. The summed E-state index contributed by atoms with van der Waals surface area (Å²) in [5.41, 5.74) is 3.22. The van der Waals surface area contributed by atoms with E-state index < -0.39 is 0 Å². The van der Waals surface area contributed by atoms with Gasteiger partial charge in [-0.15, -0.1) is 0 Å². The minimum Gasteiger partial charge on any atom is -0.381 e. The molecule has 1 aromatic carbocycles. The second kappa shape index (κ2) is 8.04. The summed E-state index contributed by atoms with van der Waals surface area (Å²) >= 11 is 0. The highest BCUT2D eigenvalue weighted by Gasteiger charge is 2.20. The molecule has 0 radical (unpaired) electrons. The number of hydrogen-bond donors (Lipinski definition) is 0. The molecule has 2 saturated heterocycles. The Kier molecular flexibility index (Phi) is 5.81. The Morgan fingerprint density at radius 1 is 1.13 bits per heavy atom. The molecule has 2 fully saturated rings. The van der Waals surface area contributed by atoms with Crippen molar-refractivity contribution < 1.29 is 14.3 Å². The highest BCUT2D eigenvalue weighted by atomic mass is 16.5. The van der Waals surface area contributed by atoms with Crippen LogP contribution < -0.4 is 0 Å². The van der Waals surface area contributed by atoms with Crippen molar-refractivity contribution in [3.05, 3.63) is 34.9 Å². The van der Waals surface area contributed by atoms with Crippen molar-refractivity contribution in [2.75, 3.05) is 39.5 Å². The van der Waals surface area contributed by atoms with Crippen molar-refractivity contribution in [2.24, 2.45) is 5.92 Å². The molecule has 4 heteroatoms. The molecule has 0 spiro atoms. The SMILES string of the molecule is Cc1ccc(CN2CCOCC2)cc1C(=O)CC1CCOCC1. The lowest BCUT2D eigenvalue weighted by Gasteiger charge is -2.27. The first-order valence-electron chi connectivity index (χ1n) is 8.73. The van der Waals surface area contributed by atoms with Crippen molar-refractivity contribution in [2.45, 2.75) is 32.7 Å². The third-order valence-electron chi connectivity index (χ3n) is 4.93. The molecule has 0 aromatic heterocycles. The molecular weight excluding hydrogens is 290 g/mol. The number of carbonyl (C=O) groups is 1. The van der Waals surface area contributed by atoms with Crippen LogP contribution in [-0.2, 0) is 16.0 Å². The monoisotopic (exact) mass is 317 g/mol. The minimum absolute atomic E-state index is 0.290. The first-order chi connectivity index (χ1) is 11.2. The van der Waals surface area contributed by atoms with Crippen LogP contribution in [0.2, 0.25) is 0 Å². The van der Waals surface area contributed by atoms with E-state index in [-0.39, 0.29) is 0 Å². The first kappa shape index (κ1) is 16.6. The quantitative estimate of drug-likeness (QED) is 0.783. The number of carbonyl (C=O) groups excluding carboxylic acids is 1. The van der Waals surface area contributed by atoms with Crippen LogP contribution >= 0.6 is 0 Å². The zero-order valence-corrected chi connectivity index (χ0v) is 14.1. The van der Waals surface area contributed by atoms with Gasteiger partial charge in [-0.05, 0) is 42.9 Å². The Morgan fingerprint density at radius 2 is 1.83 bits per heavy atom. The van der Waals surface area contributed by atoms with Gasteiger partial charge in [-0.2, -0.15) is 0 Å². The number of nitrogens with zero attached hydrogens (tertiary/aromatic N) is 1. The predicted octanol–water partition coefficient (Wildman–Crippen LogP) is 2.83. The maximum Gasteiger partial charge on any atom is 0.163 e. The second-order valence-electron chi connectivity index (χ2n) is 6.72. The van der Waals surface area contributed by atoms with Gasteiger partial charge in [0.05, 0.1) is 13.2 Å². The Hall–Kier alpha value is -1.23. The van der Waals surface area contributed by atoms with Crippen LogP contribution in [0.1, 0.15) is 40.7 Å². The Bertz CT molecular complexity index is 531. The first-order valence-corrected chi connectivity index (χ1v) is 8.73. The van der Waals surface area contributed by atoms with Crippen LogP contribution in [0.25, 0.3) is 0 Å². The molecule has 0 aliphatic carbocycles. The van der Waals surface area contributed by atoms with E-state index in [0.717, 1.165) is 70.0 Å². The number of ether oxygens (including phenoxy) is 2. The van der Waals surface area contributed by atoms with Crippen LogP contribution in [-0.4, -0.2) is 50.2 Å². The number of benzene rings is 1. The summed E-state index contributed by atoms with van der Waals surface area (Å²) in [5.74, 6) is 0.775. The van der Waals surface area contributed by atoms with E-state index in [1.54, 1.807) is 0 Å². The highest BCUT2D eigenvalue weighted by molar-refractivity contribution is 5.97. The van der Waals surface area contributed by atoms with Crippen molar-refractivity contribution in [3.8, 4) is 0 Å². The molecule has 2 aliphatic heterocycles. The topological polar surface area (TPSA) is 38.8 Å². The molecule has 0 saturated carbocycles. The van der Waals surface area contributed by atoms with Crippen molar-refractivity contribution in [1.29, 1.82) is 0 Å². The lowest BCUT2D eigenvalue weighted by Crippen LogP contribution is -2.35. The van der Waals surface area contributed by atoms with Gasteiger partial charge in [-0.1, -0.05) is 12.1 Å². The maximum atomic E-state index is 12.7. The molecule has 1 aromatic rings. The fourth-order valence-electron chi connectivity index (χ4n) is 3.41. The molecule has 3 rings (SSSR count). The lowest BCUT2D eigenvalue weighted by molar-refractivity contribution is 0.0341. The van der Waals surface area contributed by atoms with Crippen molar-refractivity contribution in [3.63, 3.8) is 0 Å². The van der Waals surface area contributed by atoms with E-state index in [1.807, 2.05) is 6.92 Å². The van der Waals surface area contributed by atoms with Gasteiger partial charge in [-0.25, -0.2) is 0 Å². The maximum absolute atomic E-state index is 12.7. The molecule has 2 aliphatic rings. The fraction of sp³-hybridized carbons (Fsp3) is 0.632. The average Bonchev–Trinajstić information content (AvgIpc) is 2.58. The Morgan fingerprint density at radius 3 is 2.57 bits per heavy atom. The van der Waals surface area contributed by atoms with Crippen LogP contribution in [0.15, 0.2) is 18.2 Å². The predicted molar refractivity (Wildman–Crippen MR) is 89.8 cm³/mol. The normalized spacial score (nSPS) is 20.6. The van der Waals surface area contributed by atoms with E-state index in [4.69, 9.17) is 9.47 Å². The molecule has 0 bridgehead atoms. The summed E-state index contributed by atoms with van der Waals surface area (Å²) in [7, 11) is 0. The zero-order valence-electron chi connectivity index (χ0n) is 14.1. The van der Waals surface area contributed by atoms with E-state index in [0.29, 0.717) is 18.1 Å². The summed E-state index contributed by atoms with van der Waals surface area (Å²) in [4.78, 5) is 15.1. The second-order valence-corrected chi connectivity index (χ2v) is 6.72. The fourth-order valence-corrected chi connectivity index (χ4v) is 3.41. The van der Waals surface area contributed by atoms with E-state index in [2.05, 4.69) is 23.1 Å². The standard InChI is InChI=1S/C19H27NO3/c1-15-2-3-17(14-20-6-10-23-11-7-20)12-18(15)19(21)13-16-4-8-22-9-5-16/h2-3,12,16H,4-11,13-14H2,1H3. The van der Waals surface area contributed by atoms with Gasteiger partial charge in [0.1, 0.15) is 0 Å². The van der Waals surface area contributed by atoms with Crippen LogP contribution in [0, 0.1) is 12.8 Å². The van der Waals surface area contributed by atoms with E-state index in [9.17, 15) is 4.79 Å². The third-order valence-corrected chi connectivity index (χ3v) is 4.93. The lowest BCUT2D eigenvalue weighted by atomic mass is 9.90. The molecule has 23 heavy (non-hydrogen) atoms. The summed E-state index contributed by atoms with van der Waals surface area (Å²) in [6, 6.07) is 6.34.